The summed E-state index contributed by atoms with van der Waals surface area (Å²) in [6, 6.07) is 11.1. The second kappa shape index (κ2) is 7.28. The van der Waals surface area contributed by atoms with Crippen molar-refractivity contribution in [3.63, 3.8) is 0 Å². The Morgan fingerprint density at radius 3 is 2.48 bits per heavy atom. The monoisotopic (exact) mass is 331 g/mol. The minimum Gasteiger partial charge on any atom is -0.350 e. The molecule has 122 valence electrons. The Bertz CT molecular complexity index is 675. The van der Waals surface area contributed by atoms with Gasteiger partial charge in [-0.05, 0) is 38.3 Å². The fraction of sp³-hybridized carbons (Fsp3) is 0.294. The van der Waals surface area contributed by atoms with Crippen molar-refractivity contribution in [1.29, 1.82) is 0 Å². The first-order valence-corrected chi connectivity index (χ1v) is 8.22. The third kappa shape index (κ3) is 5.41. The minimum atomic E-state index is -0.405. The van der Waals surface area contributed by atoms with Crippen LogP contribution in [0, 0.1) is 0 Å². The van der Waals surface area contributed by atoms with Gasteiger partial charge in [-0.15, -0.1) is 11.3 Å². The maximum absolute atomic E-state index is 12.0. The summed E-state index contributed by atoms with van der Waals surface area (Å²) in [5, 5.41) is 10.1. The van der Waals surface area contributed by atoms with Gasteiger partial charge in [0.05, 0.1) is 12.2 Å². The van der Waals surface area contributed by atoms with E-state index in [0.29, 0.717) is 5.69 Å². The normalized spacial score (nSPS) is 10.9. The van der Waals surface area contributed by atoms with Gasteiger partial charge >= 0.3 is 6.03 Å². The van der Waals surface area contributed by atoms with Gasteiger partial charge in [0.2, 0.25) is 5.91 Å². The number of anilines is 1. The summed E-state index contributed by atoms with van der Waals surface area (Å²) in [4.78, 5) is 24.8. The number of thiophene rings is 1. The molecule has 0 unspecified atom stereocenters. The quantitative estimate of drug-likeness (QED) is 0.803. The number of nitrogens with one attached hydrogen (secondary N) is 3. The van der Waals surface area contributed by atoms with Gasteiger partial charge in [-0.1, -0.05) is 24.3 Å². The average molecular weight is 331 g/mol. The molecule has 0 fully saturated rings. The van der Waals surface area contributed by atoms with Gasteiger partial charge in [0.25, 0.3) is 0 Å². The molecule has 2 rings (SSSR count). The molecular formula is C17H21N3O2S. The first-order chi connectivity index (χ1) is 10.8. The lowest BCUT2D eigenvalue weighted by Crippen LogP contribution is -2.46. The maximum atomic E-state index is 12.0. The van der Waals surface area contributed by atoms with E-state index in [4.69, 9.17) is 0 Å². The molecule has 0 atom stereocenters. The molecule has 0 radical (unpaired) electrons. The van der Waals surface area contributed by atoms with Crippen LogP contribution in [0.15, 0.2) is 41.8 Å². The van der Waals surface area contributed by atoms with Crippen molar-refractivity contribution >= 4 is 29.0 Å². The first kappa shape index (κ1) is 17.0. The van der Waals surface area contributed by atoms with Crippen LogP contribution in [-0.2, 0) is 4.79 Å². The van der Waals surface area contributed by atoms with Crippen LogP contribution in [0.25, 0.3) is 10.4 Å². The third-order valence-corrected chi connectivity index (χ3v) is 3.79. The molecular weight excluding hydrogens is 310 g/mol. The second-order valence-corrected chi connectivity index (χ2v) is 7.08. The summed E-state index contributed by atoms with van der Waals surface area (Å²) in [7, 11) is 0. The van der Waals surface area contributed by atoms with Crippen molar-refractivity contribution in [3.05, 3.63) is 41.8 Å². The lowest BCUT2D eigenvalue weighted by molar-refractivity contribution is -0.121. The molecule has 0 aliphatic carbocycles. The van der Waals surface area contributed by atoms with Crippen molar-refractivity contribution in [1.82, 2.24) is 10.6 Å². The number of hydrogen-bond donors (Lipinski definition) is 3. The number of rotatable bonds is 4. The first-order valence-electron chi connectivity index (χ1n) is 7.34. The molecule has 23 heavy (non-hydrogen) atoms. The fourth-order valence-electron chi connectivity index (χ4n) is 2.03. The lowest BCUT2D eigenvalue weighted by atomic mass is 10.1. The average Bonchev–Trinajstić information content (AvgIpc) is 2.98. The maximum Gasteiger partial charge on any atom is 0.319 e. The van der Waals surface area contributed by atoms with Gasteiger partial charge in [0, 0.05) is 16.0 Å². The molecule has 1 aromatic heterocycles. The Kier molecular flexibility index (Phi) is 5.39. The van der Waals surface area contributed by atoms with Crippen molar-refractivity contribution < 1.29 is 9.59 Å². The Balaban J connectivity index is 1.95. The van der Waals surface area contributed by atoms with Crippen LogP contribution in [-0.4, -0.2) is 24.0 Å². The number of urea groups is 1. The van der Waals surface area contributed by atoms with E-state index in [-0.39, 0.29) is 18.0 Å². The van der Waals surface area contributed by atoms with Crippen molar-refractivity contribution in [2.45, 2.75) is 26.3 Å². The van der Waals surface area contributed by atoms with Gasteiger partial charge < -0.3 is 16.0 Å². The topological polar surface area (TPSA) is 70.2 Å². The number of hydrogen-bond acceptors (Lipinski definition) is 3. The number of amides is 3. The van der Waals surface area contributed by atoms with Crippen LogP contribution in [0.3, 0.4) is 0 Å². The highest BCUT2D eigenvalue weighted by Gasteiger charge is 2.14. The largest absolute Gasteiger partial charge is 0.350 e. The number of carbonyl (C=O) groups is 2. The Labute approximate surface area is 140 Å². The van der Waals surface area contributed by atoms with Gasteiger partial charge in [-0.25, -0.2) is 4.79 Å². The molecule has 2 aromatic rings. The summed E-state index contributed by atoms with van der Waals surface area (Å²) in [5.41, 5.74) is 1.35. The van der Waals surface area contributed by atoms with Crippen LogP contribution in [0.5, 0.6) is 0 Å². The van der Waals surface area contributed by atoms with E-state index < -0.39 is 6.03 Å². The smallest absolute Gasteiger partial charge is 0.319 e. The van der Waals surface area contributed by atoms with E-state index in [2.05, 4.69) is 16.0 Å². The SMILES string of the molecule is CC(C)(C)NC(=O)CNC(=O)Nc1ccccc1-c1cccs1. The predicted octanol–water partition coefficient (Wildman–Crippen LogP) is 3.45. The van der Waals surface area contributed by atoms with Gasteiger partial charge in [-0.2, -0.15) is 0 Å². The zero-order valence-corrected chi connectivity index (χ0v) is 14.3. The summed E-state index contributed by atoms with van der Waals surface area (Å²) in [5.74, 6) is -0.223. The molecule has 0 bridgehead atoms. The highest BCUT2D eigenvalue weighted by Crippen LogP contribution is 2.31. The van der Waals surface area contributed by atoms with Crippen LogP contribution in [0.4, 0.5) is 10.5 Å². The van der Waals surface area contributed by atoms with Gasteiger partial charge in [0.1, 0.15) is 0 Å². The number of carbonyl (C=O) groups excluding carboxylic acids is 2. The molecule has 0 saturated heterocycles. The Morgan fingerprint density at radius 2 is 1.83 bits per heavy atom. The van der Waals surface area contributed by atoms with E-state index in [9.17, 15) is 9.59 Å². The number of benzene rings is 1. The van der Waals surface area contributed by atoms with Crippen LogP contribution < -0.4 is 16.0 Å². The summed E-state index contributed by atoms with van der Waals surface area (Å²) in [6.07, 6.45) is 0. The molecule has 3 amide bonds. The van der Waals surface area contributed by atoms with Gasteiger partial charge in [0.15, 0.2) is 0 Å². The molecule has 5 nitrogen and oxygen atoms in total. The predicted molar refractivity (Wildman–Crippen MR) is 94.7 cm³/mol. The lowest BCUT2D eigenvalue weighted by Gasteiger charge is -2.20. The molecule has 0 spiro atoms. The Morgan fingerprint density at radius 1 is 1.09 bits per heavy atom. The van der Waals surface area contributed by atoms with E-state index >= 15 is 0 Å². The molecule has 0 aliphatic rings. The van der Waals surface area contributed by atoms with Crippen LogP contribution >= 0.6 is 11.3 Å². The highest BCUT2D eigenvalue weighted by atomic mass is 32.1. The fourth-order valence-corrected chi connectivity index (χ4v) is 2.79. The molecule has 3 N–H and O–H groups in total. The highest BCUT2D eigenvalue weighted by molar-refractivity contribution is 7.13. The van der Waals surface area contributed by atoms with Crippen LogP contribution in [0.1, 0.15) is 20.8 Å². The zero-order valence-electron chi connectivity index (χ0n) is 13.5. The molecule has 1 heterocycles. The zero-order chi connectivity index (χ0) is 16.9. The van der Waals surface area contributed by atoms with E-state index in [1.165, 1.54) is 0 Å². The minimum absolute atomic E-state index is 0.0652. The van der Waals surface area contributed by atoms with Crippen molar-refractivity contribution in [2.24, 2.45) is 0 Å². The molecule has 1 aromatic carbocycles. The standard InChI is InChI=1S/C17H21N3O2S/c1-17(2,3)20-15(21)11-18-16(22)19-13-8-5-4-7-12(13)14-9-6-10-23-14/h4-10H,11H2,1-3H3,(H,20,21)(H2,18,19,22). The van der Waals surface area contributed by atoms with Crippen molar-refractivity contribution in [2.75, 3.05) is 11.9 Å². The summed E-state index contributed by atoms with van der Waals surface area (Å²) in [6.45, 7) is 5.61. The van der Waals surface area contributed by atoms with E-state index in [1.807, 2.05) is 62.5 Å². The van der Waals surface area contributed by atoms with E-state index in [1.54, 1.807) is 11.3 Å². The van der Waals surface area contributed by atoms with Gasteiger partial charge in [-0.3, -0.25) is 4.79 Å². The number of para-hydroxylation sites is 1. The molecule has 0 saturated carbocycles. The van der Waals surface area contributed by atoms with Crippen molar-refractivity contribution in [3.8, 4) is 10.4 Å². The molecule has 0 aliphatic heterocycles. The third-order valence-electron chi connectivity index (χ3n) is 2.89. The Hall–Kier alpha value is -2.34. The second-order valence-electron chi connectivity index (χ2n) is 6.13. The van der Waals surface area contributed by atoms with E-state index in [0.717, 1.165) is 10.4 Å². The summed E-state index contributed by atoms with van der Waals surface area (Å²) < 4.78 is 0. The van der Waals surface area contributed by atoms with Crippen LogP contribution in [0.2, 0.25) is 0 Å². The molecule has 6 heteroatoms. The summed E-state index contributed by atoms with van der Waals surface area (Å²) >= 11 is 1.61.